The minimum Gasteiger partial charge on any atom is -0.341 e. The summed E-state index contributed by atoms with van der Waals surface area (Å²) in [5, 5.41) is 5.59. The Bertz CT molecular complexity index is 1900. The third-order valence-corrected chi connectivity index (χ3v) is 7.84. The summed E-state index contributed by atoms with van der Waals surface area (Å²) in [5.74, 6) is 0.461. The summed E-state index contributed by atoms with van der Waals surface area (Å²) in [6.45, 7) is 2.99. The van der Waals surface area contributed by atoms with Gasteiger partial charge in [-0.25, -0.2) is 18.4 Å². The van der Waals surface area contributed by atoms with Gasteiger partial charge in [0.1, 0.15) is 7.85 Å². The minimum atomic E-state index is -3.87. The Hall–Kier alpha value is -4.37. The average Bonchev–Trinajstić information content (AvgIpc) is 3.22. The molecule has 182 valence electrons. The number of nitrogens with one attached hydrogen (secondary N) is 2. The Morgan fingerprint density at radius 2 is 1.43 bits per heavy atom. The highest BCUT2D eigenvalue weighted by atomic mass is 32.2. The van der Waals surface area contributed by atoms with Crippen LogP contribution in [0.15, 0.2) is 95.9 Å². The maximum atomic E-state index is 13.2. The van der Waals surface area contributed by atoms with Crippen molar-refractivity contribution in [3.8, 4) is 0 Å². The van der Waals surface area contributed by atoms with E-state index in [1.54, 1.807) is 30.3 Å². The van der Waals surface area contributed by atoms with Crippen LogP contribution in [0, 0.1) is 0 Å². The molecular formula is C28H24BN5O2S. The van der Waals surface area contributed by atoms with Gasteiger partial charge < -0.3 is 9.88 Å². The van der Waals surface area contributed by atoms with E-state index in [-0.39, 0.29) is 10.7 Å². The summed E-state index contributed by atoms with van der Waals surface area (Å²) in [6, 6.07) is 28.5. The highest BCUT2D eigenvalue weighted by Crippen LogP contribution is 2.33. The van der Waals surface area contributed by atoms with Crippen molar-refractivity contribution < 1.29 is 8.42 Å². The van der Waals surface area contributed by atoms with E-state index in [9.17, 15) is 8.42 Å². The zero-order valence-corrected chi connectivity index (χ0v) is 21.3. The lowest BCUT2D eigenvalue weighted by atomic mass is 9.97. The lowest BCUT2D eigenvalue weighted by Crippen LogP contribution is -2.16. The van der Waals surface area contributed by atoms with Gasteiger partial charge in [-0.2, -0.15) is 0 Å². The molecule has 2 N–H and O–H groups in total. The number of hydrogen-bond acceptors (Lipinski definition) is 5. The van der Waals surface area contributed by atoms with E-state index in [1.807, 2.05) is 44.2 Å². The van der Waals surface area contributed by atoms with Crippen molar-refractivity contribution in [1.82, 2.24) is 14.5 Å². The van der Waals surface area contributed by atoms with Gasteiger partial charge in [0.2, 0.25) is 0 Å². The van der Waals surface area contributed by atoms with Gasteiger partial charge in [-0.05, 0) is 55.5 Å². The predicted octanol–water partition coefficient (Wildman–Crippen LogP) is 4.56. The molecule has 6 rings (SSSR count). The van der Waals surface area contributed by atoms with Crippen molar-refractivity contribution >= 4 is 73.5 Å². The standard InChI is InChI=1S/C28H24BN5O2S/c1-2-34-25-10-6-3-7-21(25)22-17-19(13-16-26(22)34)30-27-28(32-24-9-5-4-8-23(24)31-27)33-37(35,36)20-14-11-18(29)12-15-20/h3-17H,2,29H2,1H3,(H,30,31)(H,32,33). The number of para-hydroxylation sites is 3. The van der Waals surface area contributed by atoms with E-state index in [1.165, 1.54) is 5.52 Å². The number of anilines is 3. The number of benzene rings is 4. The van der Waals surface area contributed by atoms with Gasteiger partial charge in [-0.1, -0.05) is 47.9 Å². The van der Waals surface area contributed by atoms with Crippen LogP contribution in [0.5, 0.6) is 0 Å². The molecule has 0 bridgehead atoms. The third-order valence-electron chi connectivity index (χ3n) is 6.48. The van der Waals surface area contributed by atoms with Crippen LogP contribution in [0.25, 0.3) is 32.8 Å². The number of rotatable bonds is 6. The fraction of sp³-hybridized carbons (Fsp3) is 0.0714. The van der Waals surface area contributed by atoms with E-state index >= 15 is 0 Å². The lowest BCUT2D eigenvalue weighted by Gasteiger charge is -2.14. The quantitative estimate of drug-likeness (QED) is 0.324. The van der Waals surface area contributed by atoms with Crippen LogP contribution in [0.2, 0.25) is 0 Å². The molecular weight excluding hydrogens is 481 g/mol. The third kappa shape index (κ3) is 4.17. The molecule has 7 nitrogen and oxygen atoms in total. The number of hydrogen-bond donors (Lipinski definition) is 2. The molecule has 2 heterocycles. The highest BCUT2D eigenvalue weighted by molar-refractivity contribution is 7.92. The number of aryl methyl sites for hydroxylation is 1. The molecule has 37 heavy (non-hydrogen) atoms. The van der Waals surface area contributed by atoms with Gasteiger partial charge in [0, 0.05) is 34.0 Å². The molecule has 0 unspecified atom stereocenters. The van der Waals surface area contributed by atoms with E-state index in [4.69, 9.17) is 4.98 Å². The van der Waals surface area contributed by atoms with Crippen molar-refractivity contribution in [3.63, 3.8) is 0 Å². The smallest absolute Gasteiger partial charge is 0.263 e. The molecule has 2 aromatic heterocycles. The summed E-state index contributed by atoms with van der Waals surface area (Å²) in [6.07, 6.45) is 0. The van der Waals surface area contributed by atoms with Gasteiger partial charge in [-0.15, -0.1) is 0 Å². The molecule has 4 aromatic carbocycles. The second-order valence-electron chi connectivity index (χ2n) is 8.95. The van der Waals surface area contributed by atoms with Crippen LogP contribution < -0.4 is 15.5 Å². The maximum absolute atomic E-state index is 13.2. The van der Waals surface area contributed by atoms with Crippen LogP contribution in [0.1, 0.15) is 6.92 Å². The van der Waals surface area contributed by atoms with Gasteiger partial charge in [-0.3, -0.25) is 4.72 Å². The van der Waals surface area contributed by atoms with Crippen LogP contribution in [0.3, 0.4) is 0 Å². The maximum Gasteiger partial charge on any atom is 0.263 e. The summed E-state index contributed by atoms with van der Waals surface area (Å²) in [7, 11) is -1.96. The molecule has 0 aliphatic carbocycles. The molecule has 0 amide bonds. The predicted molar refractivity (Wildman–Crippen MR) is 153 cm³/mol. The monoisotopic (exact) mass is 505 g/mol. The Morgan fingerprint density at radius 3 is 2.16 bits per heavy atom. The van der Waals surface area contributed by atoms with Crippen LogP contribution in [-0.2, 0) is 16.6 Å². The van der Waals surface area contributed by atoms with Crippen LogP contribution >= 0.6 is 0 Å². The molecule has 0 fully saturated rings. The largest absolute Gasteiger partial charge is 0.341 e. The first kappa shape index (κ1) is 23.1. The first-order chi connectivity index (χ1) is 17.9. The molecule has 0 saturated carbocycles. The van der Waals surface area contributed by atoms with Crippen molar-refractivity contribution in [2.24, 2.45) is 0 Å². The van der Waals surface area contributed by atoms with Crippen molar-refractivity contribution in [2.75, 3.05) is 10.0 Å². The van der Waals surface area contributed by atoms with Crippen molar-refractivity contribution in [2.45, 2.75) is 18.4 Å². The van der Waals surface area contributed by atoms with Gasteiger partial charge in [0.05, 0.1) is 15.9 Å². The van der Waals surface area contributed by atoms with Crippen molar-refractivity contribution in [1.29, 1.82) is 0 Å². The average molecular weight is 505 g/mol. The summed E-state index contributed by atoms with van der Waals surface area (Å²) < 4.78 is 31.3. The van der Waals surface area contributed by atoms with Crippen LogP contribution in [-0.4, -0.2) is 30.8 Å². The van der Waals surface area contributed by atoms with E-state index in [0.717, 1.165) is 34.0 Å². The number of nitrogens with zero attached hydrogens (tertiary/aromatic N) is 3. The molecule has 0 radical (unpaired) electrons. The second-order valence-corrected chi connectivity index (χ2v) is 10.6. The summed E-state index contributed by atoms with van der Waals surface area (Å²) in [5.41, 5.74) is 5.33. The number of sulfonamides is 1. The Balaban J connectivity index is 1.45. The number of aromatic nitrogens is 3. The SMILES string of the molecule is Bc1ccc(S(=O)(=O)Nc2nc3ccccc3nc2Nc2ccc3c(c2)c2ccccc2n3CC)cc1. The van der Waals surface area contributed by atoms with E-state index in [0.29, 0.717) is 16.9 Å². The van der Waals surface area contributed by atoms with Gasteiger partial charge >= 0.3 is 0 Å². The van der Waals surface area contributed by atoms with E-state index < -0.39 is 10.0 Å². The lowest BCUT2D eigenvalue weighted by molar-refractivity contribution is 0.601. The Labute approximate surface area is 215 Å². The van der Waals surface area contributed by atoms with Crippen molar-refractivity contribution in [3.05, 3.63) is 91.0 Å². The zero-order chi connectivity index (χ0) is 25.6. The molecule has 0 aliphatic rings. The highest BCUT2D eigenvalue weighted by Gasteiger charge is 2.19. The first-order valence-corrected chi connectivity index (χ1v) is 13.6. The second kappa shape index (κ2) is 8.94. The minimum absolute atomic E-state index is 0.135. The molecule has 0 atom stereocenters. The fourth-order valence-electron chi connectivity index (χ4n) is 4.67. The Morgan fingerprint density at radius 1 is 0.784 bits per heavy atom. The van der Waals surface area contributed by atoms with Gasteiger partial charge in [0.15, 0.2) is 11.6 Å². The normalized spacial score (nSPS) is 11.8. The fourth-order valence-corrected chi connectivity index (χ4v) is 5.68. The molecule has 9 heteroatoms. The molecule has 6 aromatic rings. The zero-order valence-electron chi connectivity index (χ0n) is 20.4. The molecule has 0 spiro atoms. The Kier molecular flexibility index (Phi) is 5.57. The topological polar surface area (TPSA) is 88.9 Å². The number of fused-ring (bicyclic) bond motifs is 4. The summed E-state index contributed by atoms with van der Waals surface area (Å²) >= 11 is 0. The molecule has 0 saturated heterocycles. The molecule has 0 aliphatic heterocycles. The van der Waals surface area contributed by atoms with Crippen LogP contribution in [0.4, 0.5) is 17.3 Å². The summed E-state index contributed by atoms with van der Waals surface area (Å²) in [4.78, 5) is 9.49. The first-order valence-electron chi connectivity index (χ1n) is 12.1. The van der Waals surface area contributed by atoms with E-state index in [2.05, 4.69) is 50.8 Å². The van der Waals surface area contributed by atoms with Gasteiger partial charge in [0.25, 0.3) is 10.0 Å².